The standard InChI is InChI=1S/C12H10FNO2S/c13-9-3-1-2-8(6-9)4-5-10-7-11(12(15)16)14-17-10/h1-3,6-7H,4-5H2,(H,15,16). The molecule has 0 aliphatic carbocycles. The van der Waals surface area contributed by atoms with Gasteiger partial charge in [0.2, 0.25) is 0 Å². The van der Waals surface area contributed by atoms with Crippen molar-refractivity contribution in [3.63, 3.8) is 0 Å². The number of benzene rings is 1. The molecule has 1 aromatic heterocycles. The second-order valence-corrected chi connectivity index (χ2v) is 4.50. The molecule has 88 valence electrons. The van der Waals surface area contributed by atoms with Crippen molar-refractivity contribution in [2.45, 2.75) is 12.8 Å². The van der Waals surface area contributed by atoms with E-state index < -0.39 is 5.97 Å². The van der Waals surface area contributed by atoms with Crippen LogP contribution in [0.25, 0.3) is 0 Å². The van der Waals surface area contributed by atoms with Crippen LogP contribution in [0.2, 0.25) is 0 Å². The van der Waals surface area contributed by atoms with Crippen LogP contribution in [0.5, 0.6) is 0 Å². The molecule has 2 aromatic rings. The van der Waals surface area contributed by atoms with Crippen molar-refractivity contribution in [1.82, 2.24) is 4.37 Å². The summed E-state index contributed by atoms with van der Waals surface area (Å²) in [6.07, 6.45) is 1.35. The van der Waals surface area contributed by atoms with Crippen molar-refractivity contribution in [1.29, 1.82) is 0 Å². The lowest BCUT2D eigenvalue weighted by Crippen LogP contribution is -1.95. The Morgan fingerprint density at radius 2 is 2.18 bits per heavy atom. The number of aromatic carboxylic acids is 1. The van der Waals surface area contributed by atoms with E-state index in [1.165, 1.54) is 23.7 Å². The third-order valence-electron chi connectivity index (χ3n) is 2.33. The van der Waals surface area contributed by atoms with Gasteiger partial charge in [0, 0.05) is 4.88 Å². The Morgan fingerprint density at radius 3 is 2.82 bits per heavy atom. The van der Waals surface area contributed by atoms with Crippen LogP contribution >= 0.6 is 11.5 Å². The van der Waals surface area contributed by atoms with Gasteiger partial charge in [-0.2, -0.15) is 4.37 Å². The molecule has 3 nitrogen and oxygen atoms in total. The van der Waals surface area contributed by atoms with E-state index >= 15 is 0 Å². The second kappa shape index (κ2) is 5.05. The number of nitrogens with zero attached hydrogens (tertiary/aromatic N) is 1. The monoisotopic (exact) mass is 251 g/mol. The average molecular weight is 251 g/mol. The molecule has 0 atom stereocenters. The van der Waals surface area contributed by atoms with E-state index in [4.69, 9.17) is 5.11 Å². The van der Waals surface area contributed by atoms with E-state index in [-0.39, 0.29) is 11.5 Å². The molecule has 17 heavy (non-hydrogen) atoms. The van der Waals surface area contributed by atoms with Gasteiger partial charge in [0.15, 0.2) is 5.69 Å². The summed E-state index contributed by atoms with van der Waals surface area (Å²) in [5.74, 6) is -1.27. The minimum atomic E-state index is -1.02. The zero-order chi connectivity index (χ0) is 12.3. The van der Waals surface area contributed by atoms with Gasteiger partial charge in [-0.25, -0.2) is 9.18 Å². The van der Waals surface area contributed by atoms with Gasteiger partial charge in [0.25, 0.3) is 0 Å². The molecule has 1 aromatic carbocycles. The molecule has 0 fully saturated rings. The fraction of sp³-hybridized carbons (Fsp3) is 0.167. The van der Waals surface area contributed by atoms with Crippen LogP contribution in [0.4, 0.5) is 4.39 Å². The Labute approximate surface area is 102 Å². The SMILES string of the molecule is O=C(O)c1cc(CCc2cccc(F)c2)sn1. The molecule has 0 saturated heterocycles. The number of carboxylic acids is 1. The molecule has 0 aliphatic rings. The van der Waals surface area contributed by atoms with Crippen molar-refractivity contribution >= 4 is 17.5 Å². The number of hydrogen-bond donors (Lipinski definition) is 1. The molecule has 0 aliphatic heterocycles. The molecule has 0 saturated carbocycles. The average Bonchev–Trinajstić information content (AvgIpc) is 2.75. The number of hydrogen-bond acceptors (Lipinski definition) is 3. The highest BCUT2D eigenvalue weighted by atomic mass is 32.1. The Morgan fingerprint density at radius 1 is 1.35 bits per heavy atom. The first kappa shape index (κ1) is 11.7. The predicted molar refractivity (Wildman–Crippen MR) is 62.9 cm³/mol. The highest BCUT2D eigenvalue weighted by molar-refractivity contribution is 7.05. The molecular formula is C12H10FNO2S. The maximum atomic E-state index is 12.9. The summed E-state index contributed by atoms with van der Waals surface area (Å²) in [6, 6.07) is 7.96. The van der Waals surface area contributed by atoms with Crippen LogP contribution in [0.15, 0.2) is 30.3 Å². The highest BCUT2D eigenvalue weighted by Gasteiger charge is 2.08. The number of rotatable bonds is 4. The van der Waals surface area contributed by atoms with E-state index in [2.05, 4.69) is 4.37 Å². The zero-order valence-electron chi connectivity index (χ0n) is 8.89. The van der Waals surface area contributed by atoms with Gasteiger partial charge in [-0.1, -0.05) is 12.1 Å². The van der Waals surface area contributed by atoms with Crippen LogP contribution in [-0.4, -0.2) is 15.4 Å². The van der Waals surface area contributed by atoms with Gasteiger partial charge in [-0.3, -0.25) is 0 Å². The lowest BCUT2D eigenvalue weighted by molar-refractivity contribution is 0.0692. The molecule has 1 N–H and O–H groups in total. The van der Waals surface area contributed by atoms with E-state index in [0.29, 0.717) is 12.8 Å². The Kier molecular flexibility index (Phi) is 3.49. The Bertz CT molecular complexity index is 539. The minimum absolute atomic E-state index is 0.0734. The zero-order valence-corrected chi connectivity index (χ0v) is 9.71. The van der Waals surface area contributed by atoms with E-state index in [1.54, 1.807) is 12.1 Å². The molecule has 0 bridgehead atoms. The van der Waals surface area contributed by atoms with Gasteiger partial charge in [0.05, 0.1) is 0 Å². The van der Waals surface area contributed by atoms with Crippen LogP contribution < -0.4 is 0 Å². The minimum Gasteiger partial charge on any atom is -0.476 e. The molecule has 0 amide bonds. The summed E-state index contributed by atoms with van der Waals surface area (Å²) in [7, 11) is 0. The van der Waals surface area contributed by atoms with Crippen LogP contribution in [-0.2, 0) is 12.8 Å². The highest BCUT2D eigenvalue weighted by Crippen LogP contribution is 2.14. The molecule has 1 heterocycles. The topological polar surface area (TPSA) is 50.2 Å². The molecule has 5 heteroatoms. The number of halogens is 1. The second-order valence-electron chi connectivity index (χ2n) is 3.61. The first-order valence-corrected chi connectivity index (χ1v) is 5.86. The maximum absolute atomic E-state index is 12.9. The van der Waals surface area contributed by atoms with Gasteiger partial charge >= 0.3 is 5.97 Å². The molecular weight excluding hydrogens is 241 g/mol. The van der Waals surface area contributed by atoms with Gasteiger partial charge in [0.1, 0.15) is 5.82 Å². The van der Waals surface area contributed by atoms with Crippen LogP contribution in [0.1, 0.15) is 20.9 Å². The number of carboxylic acid groups (broad SMARTS) is 1. The summed E-state index contributed by atoms with van der Waals surface area (Å²) < 4.78 is 16.7. The Balaban J connectivity index is 2.00. The third-order valence-corrected chi connectivity index (χ3v) is 3.17. The Hall–Kier alpha value is -1.75. The molecule has 0 unspecified atom stereocenters. The van der Waals surface area contributed by atoms with Crippen molar-refractivity contribution in [3.05, 3.63) is 52.3 Å². The summed E-state index contributed by atoms with van der Waals surface area (Å²) in [6.45, 7) is 0. The van der Waals surface area contributed by atoms with Crippen molar-refractivity contribution in [2.75, 3.05) is 0 Å². The van der Waals surface area contributed by atoms with Gasteiger partial charge in [-0.05, 0) is 48.1 Å². The summed E-state index contributed by atoms with van der Waals surface area (Å²) in [5.41, 5.74) is 0.972. The van der Waals surface area contributed by atoms with E-state index in [0.717, 1.165) is 10.4 Å². The number of aryl methyl sites for hydroxylation is 2. The molecule has 0 radical (unpaired) electrons. The number of carbonyl (C=O) groups is 1. The first-order chi connectivity index (χ1) is 8.15. The van der Waals surface area contributed by atoms with Crippen molar-refractivity contribution in [2.24, 2.45) is 0 Å². The fourth-order valence-electron chi connectivity index (χ4n) is 1.49. The quantitative estimate of drug-likeness (QED) is 0.909. The molecule has 2 rings (SSSR count). The van der Waals surface area contributed by atoms with Gasteiger partial charge < -0.3 is 5.11 Å². The molecule has 0 spiro atoms. The third kappa shape index (κ3) is 3.10. The predicted octanol–water partition coefficient (Wildman–Crippen LogP) is 2.77. The van der Waals surface area contributed by atoms with Crippen molar-refractivity contribution in [3.8, 4) is 0 Å². The smallest absolute Gasteiger partial charge is 0.355 e. The first-order valence-electron chi connectivity index (χ1n) is 5.08. The summed E-state index contributed by atoms with van der Waals surface area (Å²) >= 11 is 1.18. The van der Waals surface area contributed by atoms with Crippen LogP contribution in [0.3, 0.4) is 0 Å². The number of aromatic nitrogens is 1. The lowest BCUT2D eigenvalue weighted by Gasteiger charge is -1.98. The van der Waals surface area contributed by atoms with Crippen LogP contribution in [0, 0.1) is 5.82 Å². The summed E-state index contributed by atoms with van der Waals surface area (Å²) in [4.78, 5) is 11.5. The van der Waals surface area contributed by atoms with Gasteiger partial charge in [-0.15, -0.1) is 0 Å². The largest absolute Gasteiger partial charge is 0.476 e. The van der Waals surface area contributed by atoms with E-state index in [1.807, 2.05) is 6.07 Å². The fourth-order valence-corrected chi connectivity index (χ4v) is 2.20. The van der Waals surface area contributed by atoms with Crippen molar-refractivity contribution < 1.29 is 14.3 Å². The normalized spacial score (nSPS) is 10.4. The summed E-state index contributed by atoms with van der Waals surface area (Å²) in [5, 5.41) is 8.71. The van der Waals surface area contributed by atoms with E-state index in [9.17, 15) is 9.18 Å². The maximum Gasteiger partial charge on any atom is 0.355 e. The lowest BCUT2D eigenvalue weighted by atomic mass is 10.1.